The first kappa shape index (κ1) is 15.0. The zero-order valence-corrected chi connectivity index (χ0v) is 12.6. The van der Waals surface area contributed by atoms with E-state index >= 15 is 0 Å². The molecule has 110 valence electrons. The molecule has 4 heteroatoms. The SMILES string of the molecule is CN(C)Cc1cccc(NC(=O)C2(C)CCCC2N)c1. The number of carbonyl (C=O) groups excluding carboxylic acids is 1. The van der Waals surface area contributed by atoms with Gasteiger partial charge in [-0.25, -0.2) is 0 Å². The summed E-state index contributed by atoms with van der Waals surface area (Å²) < 4.78 is 0. The van der Waals surface area contributed by atoms with Crippen molar-refractivity contribution in [3.05, 3.63) is 29.8 Å². The summed E-state index contributed by atoms with van der Waals surface area (Å²) in [6, 6.07) is 7.97. The van der Waals surface area contributed by atoms with Gasteiger partial charge < -0.3 is 16.0 Å². The van der Waals surface area contributed by atoms with Gasteiger partial charge in [-0.1, -0.05) is 18.6 Å². The molecule has 0 aliphatic heterocycles. The number of anilines is 1. The molecule has 0 spiro atoms. The molecule has 1 aromatic rings. The molecule has 2 unspecified atom stereocenters. The molecular weight excluding hydrogens is 250 g/mol. The molecule has 4 nitrogen and oxygen atoms in total. The molecule has 3 N–H and O–H groups in total. The van der Waals surface area contributed by atoms with Crippen LogP contribution in [0, 0.1) is 5.41 Å². The van der Waals surface area contributed by atoms with Crippen molar-refractivity contribution < 1.29 is 4.79 Å². The van der Waals surface area contributed by atoms with E-state index in [1.54, 1.807) is 0 Å². The smallest absolute Gasteiger partial charge is 0.231 e. The fourth-order valence-corrected chi connectivity index (χ4v) is 2.86. The first-order chi connectivity index (χ1) is 9.41. The van der Waals surface area contributed by atoms with E-state index in [1.165, 1.54) is 5.56 Å². The molecule has 1 aliphatic carbocycles. The molecule has 0 heterocycles. The van der Waals surface area contributed by atoms with Crippen molar-refractivity contribution in [3.63, 3.8) is 0 Å². The molecule has 1 fully saturated rings. The van der Waals surface area contributed by atoms with E-state index in [9.17, 15) is 4.79 Å². The van der Waals surface area contributed by atoms with Crippen molar-refractivity contribution in [1.82, 2.24) is 4.90 Å². The summed E-state index contributed by atoms with van der Waals surface area (Å²) in [4.78, 5) is 14.6. The fourth-order valence-electron chi connectivity index (χ4n) is 2.86. The maximum Gasteiger partial charge on any atom is 0.231 e. The molecule has 0 bridgehead atoms. The van der Waals surface area contributed by atoms with Gasteiger partial charge in [-0.15, -0.1) is 0 Å². The van der Waals surface area contributed by atoms with Crippen LogP contribution in [0.15, 0.2) is 24.3 Å². The molecule has 2 rings (SSSR count). The highest BCUT2D eigenvalue weighted by molar-refractivity contribution is 5.95. The number of nitrogens with zero attached hydrogens (tertiary/aromatic N) is 1. The molecule has 1 saturated carbocycles. The second-order valence-electron chi connectivity index (χ2n) is 6.31. The molecule has 1 amide bonds. The number of rotatable bonds is 4. The first-order valence-corrected chi connectivity index (χ1v) is 7.22. The lowest BCUT2D eigenvalue weighted by atomic mass is 9.84. The van der Waals surface area contributed by atoms with Gasteiger partial charge in [-0.05, 0) is 51.6 Å². The van der Waals surface area contributed by atoms with E-state index in [0.29, 0.717) is 0 Å². The van der Waals surface area contributed by atoms with Crippen molar-refractivity contribution >= 4 is 11.6 Å². The van der Waals surface area contributed by atoms with E-state index in [2.05, 4.69) is 16.3 Å². The van der Waals surface area contributed by atoms with E-state index < -0.39 is 5.41 Å². The topological polar surface area (TPSA) is 58.4 Å². The molecule has 1 aliphatic rings. The number of nitrogens with one attached hydrogen (secondary N) is 1. The third kappa shape index (κ3) is 3.19. The molecule has 0 saturated heterocycles. The van der Waals surface area contributed by atoms with Gasteiger partial charge in [0.25, 0.3) is 0 Å². The second-order valence-corrected chi connectivity index (χ2v) is 6.31. The first-order valence-electron chi connectivity index (χ1n) is 7.22. The van der Waals surface area contributed by atoms with Crippen LogP contribution in [0.2, 0.25) is 0 Å². The normalized spacial score (nSPS) is 25.9. The van der Waals surface area contributed by atoms with E-state index in [4.69, 9.17) is 5.73 Å². The number of amides is 1. The van der Waals surface area contributed by atoms with Crippen LogP contribution in [0.1, 0.15) is 31.7 Å². The third-order valence-electron chi connectivity index (χ3n) is 4.23. The van der Waals surface area contributed by atoms with Crippen molar-refractivity contribution in [1.29, 1.82) is 0 Å². The highest BCUT2D eigenvalue weighted by Crippen LogP contribution is 2.37. The predicted octanol–water partition coefficient (Wildman–Crippen LogP) is 2.20. The zero-order chi connectivity index (χ0) is 14.8. The van der Waals surface area contributed by atoms with Crippen LogP contribution >= 0.6 is 0 Å². The largest absolute Gasteiger partial charge is 0.327 e. The van der Waals surface area contributed by atoms with E-state index in [0.717, 1.165) is 31.5 Å². The minimum atomic E-state index is -0.433. The van der Waals surface area contributed by atoms with Crippen LogP contribution < -0.4 is 11.1 Å². The maximum atomic E-state index is 12.5. The molecule has 2 atom stereocenters. The van der Waals surface area contributed by atoms with Crippen LogP contribution in [0.4, 0.5) is 5.69 Å². The van der Waals surface area contributed by atoms with Gasteiger partial charge in [0.05, 0.1) is 5.41 Å². The summed E-state index contributed by atoms with van der Waals surface area (Å²) in [5.41, 5.74) is 7.71. The number of benzene rings is 1. The highest BCUT2D eigenvalue weighted by atomic mass is 16.2. The Balaban J connectivity index is 2.08. The second kappa shape index (κ2) is 5.94. The Morgan fingerprint density at radius 2 is 2.25 bits per heavy atom. The minimum absolute atomic E-state index is 0.0348. The van der Waals surface area contributed by atoms with Gasteiger partial charge in [-0.2, -0.15) is 0 Å². The molecule has 0 aromatic heterocycles. The number of nitrogens with two attached hydrogens (primary N) is 1. The predicted molar refractivity (Wildman–Crippen MR) is 82.4 cm³/mol. The summed E-state index contributed by atoms with van der Waals surface area (Å²) in [7, 11) is 4.06. The summed E-state index contributed by atoms with van der Waals surface area (Å²) in [6.07, 6.45) is 2.84. The molecular formula is C16H25N3O. The van der Waals surface area contributed by atoms with Crippen molar-refractivity contribution in [2.24, 2.45) is 11.1 Å². The van der Waals surface area contributed by atoms with Gasteiger partial charge in [-0.3, -0.25) is 4.79 Å². The van der Waals surface area contributed by atoms with Crippen molar-refractivity contribution in [3.8, 4) is 0 Å². The van der Waals surface area contributed by atoms with E-state index in [1.807, 2.05) is 39.2 Å². The highest BCUT2D eigenvalue weighted by Gasteiger charge is 2.42. The standard InChI is InChI=1S/C16H25N3O/c1-16(9-5-8-14(16)17)15(20)18-13-7-4-6-12(10-13)11-19(2)3/h4,6-7,10,14H,5,8-9,11,17H2,1-3H3,(H,18,20). The lowest BCUT2D eigenvalue weighted by molar-refractivity contribution is -0.125. The van der Waals surface area contributed by atoms with Gasteiger partial charge in [0, 0.05) is 18.3 Å². The molecule has 20 heavy (non-hydrogen) atoms. The number of hydrogen-bond acceptors (Lipinski definition) is 3. The molecule has 0 radical (unpaired) electrons. The quantitative estimate of drug-likeness (QED) is 0.885. The van der Waals surface area contributed by atoms with Crippen LogP contribution in [0.3, 0.4) is 0 Å². The van der Waals surface area contributed by atoms with Crippen LogP contribution in [0.25, 0.3) is 0 Å². The van der Waals surface area contributed by atoms with Gasteiger partial charge in [0.2, 0.25) is 5.91 Å². The average Bonchev–Trinajstić information content (AvgIpc) is 2.70. The van der Waals surface area contributed by atoms with Crippen LogP contribution in [0.5, 0.6) is 0 Å². The Kier molecular flexibility index (Phi) is 4.45. The Bertz CT molecular complexity index is 486. The van der Waals surface area contributed by atoms with Crippen molar-refractivity contribution in [2.75, 3.05) is 19.4 Å². The van der Waals surface area contributed by atoms with Crippen LogP contribution in [-0.4, -0.2) is 30.9 Å². The Hall–Kier alpha value is -1.39. The Morgan fingerprint density at radius 3 is 2.85 bits per heavy atom. The van der Waals surface area contributed by atoms with Gasteiger partial charge >= 0.3 is 0 Å². The number of carbonyl (C=O) groups is 1. The average molecular weight is 275 g/mol. The minimum Gasteiger partial charge on any atom is -0.327 e. The lowest BCUT2D eigenvalue weighted by Gasteiger charge is -2.27. The summed E-state index contributed by atoms with van der Waals surface area (Å²) in [5.74, 6) is 0.0458. The summed E-state index contributed by atoms with van der Waals surface area (Å²) in [6.45, 7) is 2.84. The van der Waals surface area contributed by atoms with E-state index in [-0.39, 0.29) is 11.9 Å². The number of hydrogen-bond donors (Lipinski definition) is 2. The Morgan fingerprint density at radius 1 is 1.50 bits per heavy atom. The van der Waals surface area contributed by atoms with Gasteiger partial charge in [0.1, 0.15) is 0 Å². The van der Waals surface area contributed by atoms with Crippen LogP contribution in [-0.2, 0) is 11.3 Å². The maximum absolute atomic E-state index is 12.5. The molecule has 1 aromatic carbocycles. The fraction of sp³-hybridized carbons (Fsp3) is 0.562. The van der Waals surface area contributed by atoms with Crippen molar-refractivity contribution in [2.45, 2.75) is 38.8 Å². The monoisotopic (exact) mass is 275 g/mol. The Labute approximate surface area is 121 Å². The third-order valence-corrected chi connectivity index (χ3v) is 4.23. The summed E-state index contributed by atoms with van der Waals surface area (Å²) in [5, 5.41) is 3.03. The van der Waals surface area contributed by atoms with Gasteiger partial charge in [0.15, 0.2) is 0 Å². The summed E-state index contributed by atoms with van der Waals surface area (Å²) >= 11 is 0. The zero-order valence-electron chi connectivity index (χ0n) is 12.6. The lowest BCUT2D eigenvalue weighted by Crippen LogP contribution is -2.44.